The van der Waals surface area contributed by atoms with E-state index < -0.39 is 26.1 Å². The van der Waals surface area contributed by atoms with Crippen LogP contribution in [0.1, 0.15) is 6.92 Å². The summed E-state index contributed by atoms with van der Waals surface area (Å²) in [6.07, 6.45) is -1.09. The third kappa shape index (κ3) is 4.62. The largest absolute Gasteiger partial charge is 0.422 e. The maximum absolute atomic E-state index is 12.3. The van der Waals surface area contributed by atoms with E-state index in [0.717, 1.165) is 6.20 Å². The summed E-state index contributed by atoms with van der Waals surface area (Å²) in [4.78, 5) is -1.07. The first-order valence-electron chi connectivity index (χ1n) is 4.51. The van der Waals surface area contributed by atoms with Gasteiger partial charge in [0.25, 0.3) is 0 Å². The number of nitrogens with zero attached hydrogens (tertiary/aromatic N) is 2. The Kier molecular flexibility index (Phi) is 5.76. The molecule has 0 aromatic carbocycles. The van der Waals surface area contributed by atoms with Crippen LogP contribution < -0.4 is 5.73 Å². The lowest BCUT2D eigenvalue weighted by Gasteiger charge is -2.17. The molecule has 0 saturated heterocycles. The average molecular weight is 299 g/mol. The molecule has 4 nitrogen and oxygen atoms in total. The maximum Gasteiger partial charge on any atom is 0.422 e. The van der Waals surface area contributed by atoms with Crippen molar-refractivity contribution in [2.75, 3.05) is 6.26 Å². The summed E-state index contributed by atoms with van der Waals surface area (Å²) >= 11 is 0.281. The third-order valence-corrected chi connectivity index (χ3v) is 5.36. The van der Waals surface area contributed by atoms with E-state index in [-0.39, 0.29) is 16.7 Å². The van der Waals surface area contributed by atoms with Gasteiger partial charge >= 0.3 is 6.18 Å². The van der Waals surface area contributed by atoms with Gasteiger partial charge in [-0.05, 0) is 6.92 Å². The zero-order valence-corrected chi connectivity index (χ0v) is 11.3. The van der Waals surface area contributed by atoms with Gasteiger partial charge in [0.1, 0.15) is 0 Å². The molecule has 0 amide bonds. The van der Waals surface area contributed by atoms with Crippen LogP contribution in [0.2, 0.25) is 0 Å². The smallest absolute Gasteiger partial charge is 0.404 e. The number of hydrogen-bond acceptors (Lipinski definition) is 5. The molecule has 0 aliphatic rings. The fraction of sp³-hybridized carbons (Fsp3) is 0.444. The second-order valence-electron chi connectivity index (χ2n) is 3.29. The highest BCUT2D eigenvalue weighted by molar-refractivity contribution is 8.08. The normalized spacial score (nSPS) is 17.4. The molecule has 0 aromatic heterocycles. The van der Waals surface area contributed by atoms with Crippen LogP contribution in [0.15, 0.2) is 27.0 Å². The molecule has 0 aromatic rings. The molecule has 0 saturated carbocycles. The minimum Gasteiger partial charge on any atom is -0.404 e. The molecule has 2 N–H and O–H groups in total. The Morgan fingerprint density at radius 2 is 2.17 bits per heavy atom. The Morgan fingerprint density at radius 3 is 2.50 bits per heavy atom. The predicted octanol–water partition coefficient (Wildman–Crippen LogP) is 2.56. The molecule has 0 rings (SSSR count). The van der Waals surface area contributed by atoms with Crippen molar-refractivity contribution in [3.63, 3.8) is 0 Å². The number of rotatable bonds is 4. The van der Waals surface area contributed by atoms with E-state index in [9.17, 15) is 17.4 Å². The van der Waals surface area contributed by atoms with E-state index in [1.165, 1.54) is 19.4 Å². The SMILES string of the molecule is C=C(S/C(=C\N)C(C)S(C)(=O)=NC#N)C(F)(F)F. The van der Waals surface area contributed by atoms with Gasteiger partial charge in [-0.3, -0.25) is 0 Å². The van der Waals surface area contributed by atoms with Crippen LogP contribution in [0.5, 0.6) is 0 Å². The van der Waals surface area contributed by atoms with Crippen molar-refractivity contribution >= 4 is 21.5 Å². The summed E-state index contributed by atoms with van der Waals surface area (Å²) < 4.78 is 52.1. The summed E-state index contributed by atoms with van der Waals surface area (Å²) in [5.74, 6) is 0. The van der Waals surface area contributed by atoms with Gasteiger partial charge in [0, 0.05) is 17.4 Å². The van der Waals surface area contributed by atoms with E-state index in [1.54, 1.807) is 0 Å². The van der Waals surface area contributed by atoms with Crippen LogP contribution in [0.4, 0.5) is 13.2 Å². The lowest BCUT2D eigenvalue weighted by atomic mass is 10.4. The van der Waals surface area contributed by atoms with Gasteiger partial charge in [0.15, 0.2) is 0 Å². The van der Waals surface area contributed by atoms with E-state index in [1.807, 2.05) is 0 Å². The molecular formula is C9H12F3N3OS2. The molecule has 2 unspecified atom stereocenters. The number of nitriles is 1. The number of hydrogen-bond donors (Lipinski definition) is 1. The summed E-state index contributed by atoms with van der Waals surface area (Å²) in [6.45, 7) is 4.26. The number of nitrogens with two attached hydrogens (primary N) is 1. The lowest BCUT2D eigenvalue weighted by Crippen LogP contribution is -2.19. The van der Waals surface area contributed by atoms with Crippen LogP contribution in [-0.2, 0) is 9.73 Å². The van der Waals surface area contributed by atoms with E-state index in [0.29, 0.717) is 0 Å². The van der Waals surface area contributed by atoms with E-state index >= 15 is 0 Å². The highest BCUT2D eigenvalue weighted by atomic mass is 32.2. The number of halogens is 3. The van der Waals surface area contributed by atoms with Gasteiger partial charge in [0.05, 0.1) is 19.9 Å². The van der Waals surface area contributed by atoms with Gasteiger partial charge in [-0.1, -0.05) is 18.3 Å². The van der Waals surface area contributed by atoms with Crippen molar-refractivity contribution in [2.24, 2.45) is 10.1 Å². The summed E-state index contributed by atoms with van der Waals surface area (Å²) in [6, 6.07) is 0. The van der Waals surface area contributed by atoms with Crippen LogP contribution in [-0.4, -0.2) is 21.9 Å². The molecule has 0 aliphatic heterocycles. The summed E-state index contributed by atoms with van der Waals surface area (Å²) in [7, 11) is -2.98. The Morgan fingerprint density at radius 1 is 1.67 bits per heavy atom. The Bertz CT molecular complexity index is 510. The van der Waals surface area contributed by atoms with E-state index in [2.05, 4.69) is 10.9 Å². The topological polar surface area (TPSA) is 79.2 Å². The monoisotopic (exact) mass is 299 g/mol. The molecule has 9 heteroatoms. The highest BCUT2D eigenvalue weighted by Gasteiger charge is 2.34. The lowest BCUT2D eigenvalue weighted by molar-refractivity contribution is -0.0832. The first-order chi connectivity index (χ1) is 8.06. The van der Waals surface area contributed by atoms with Gasteiger partial charge in [-0.25, -0.2) is 4.21 Å². The minimum atomic E-state index is -4.57. The fourth-order valence-corrected chi connectivity index (χ4v) is 2.97. The molecule has 0 bridgehead atoms. The van der Waals surface area contributed by atoms with Crippen molar-refractivity contribution < 1.29 is 17.4 Å². The molecule has 0 heterocycles. The second-order valence-corrected chi connectivity index (χ2v) is 7.07. The van der Waals surface area contributed by atoms with Gasteiger partial charge in [-0.2, -0.15) is 18.4 Å². The molecule has 2 atom stereocenters. The van der Waals surface area contributed by atoms with Crippen LogP contribution in [0, 0.1) is 11.5 Å². The van der Waals surface area contributed by atoms with Gasteiger partial charge < -0.3 is 5.73 Å². The Hall–Kier alpha value is -1.14. The second kappa shape index (κ2) is 6.15. The highest BCUT2D eigenvalue weighted by Crippen LogP contribution is 2.39. The number of thioether (sulfide) groups is 1. The van der Waals surface area contributed by atoms with Gasteiger partial charge in [-0.15, -0.1) is 4.36 Å². The van der Waals surface area contributed by atoms with E-state index in [4.69, 9.17) is 11.0 Å². The summed E-state index contributed by atoms with van der Waals surface area (Å²) in [5.41, 5.74) is 5.22. The molecule has 0 fully saturated rings. The van der Waals surface area contributed by atoms with Crippen molar-refractivity contribution in [3.8, 4) is 6.19 Å². The van der Waals surface area contributed by atoms with Crippen molar-refractivity contribution in [1.29, 1.82) is 5.26 Å². The third-order valence-electron chi connectivity index (χ3n) is 2.00. The molecule has 0 spiro atoms. The Labute approximate surface area is 108 Å². The molecule has 102 valence electrons. The standard InChI is InChI=1S/C9H12F3N3OS2/c1-6(18(3,16)15-5-14)8(4-13)17-7(2)9(10,11)12/h4,6H,2,13H2,1,3H3/b8-4-. The number of allylic oxidation sites excluding steroid dienone is 1. The Balaban J connectivity index is 5.19. The average Bonchev–Trinajstić information content (AvgIpc) is 2.23. The number of alkyl halides is 3. The summed E-state index contributed by atoms with van der Waals surface area (Å²) in [5, 5.41) is 7.47. The first-order valence-corrected chi connectivity index (χ1v) is 7.31. The van der Waals surface area contributed by atoms with Crippen LogP contribution >= 0.6 is 11.8 Å². The van der Waals surface area contributed by atoms with Crippen molar-refractivity contribution in [2.45, 2.75) is 18.3 Å². The molecular weight excluding hydrogens is 287 g/mol. The van der Waals surface area contributed by atoms with Crippen LogP contribution in [0.3, 0.4) is 0 Å². The fourth-order valence-electron chi connectivity index (χ4n) is 0.828. The van der Waals surface area contributed by atoms with Crippen LogP contribution in [0.25, 0.3) is 0 Å². The zero-order chi connectivity index (χ0) is 14.6. The van der Waals surface area contributed by atoms with Gasteiger partial charge in [0.2, 0.25) is 6.19 Å². The minimum absolute atomic E-state index is 0.00354. The first kappa shape index (κ1) is 16.9. The molecule has 18 heavy (non-hydrogen) atoms. The molecule has 0 radical (unpaired) electrons. The molecule has 0 aliphatic carbocycles. The quantitative estimate of drug-likeness (QED) is 0.809. The zero-order valence-electron chi connectivity index (χ0n) is 9.69. The van der Waals surface area contributed by atoms with Crippen molar-refractivity contribution in [1.82, 2.24) is 0 Å². The van der Waals surface area contributed by atoms with Crippen molar-refractivity contribution in [3.05, 3.63) is 22.6 Å². The predicted molar refractivity (Wildman–Crippen MR) is 66.6 cm³/mol. The maximum atomic E-state index is 12.3.